The Morgan fingerprint density at radius 3 is 2.42 bits per heavy atom. The van der Waals surface area contributed by atoms with Gasteiger partial charge in [0.15, 0.2) is 0 Å². The molecule has 0 saturated carbocycles. The van der Waals surface area contributed by atoms with Gasteiger partial charge in [0.05, 0.1) is 31.0 Å². The number of allylic oxidation sites excluding steroid dienone is 1. The van der Waals surface area contributed by atoms with Crippen molar-refractivity contribution in [3.05, 3.63) is 23.3 Å². The molecule has 0 aliphatic heterocycles. The van der Waals surface area contributed by atoms with Gasteiger partial charge < -0.3 is 14.2 Å². The van der Waals surface area contributed by atoms with E-state index in [4.69, 9.17) is 14.2 Å². The Morgan fingerprint density at radius 1 is 1.21 bits per heavy atom. The molecule has 0 amide bonds. The standard InChI is InChI=1S/C14H20O5/c1-4-18-13(15)11-8-6-7-10(9-17-3)12(11)14(16)19-5-2/h6-7,10H,4-5,8-9H2,1-3H3. The third-order valence-corrected chi connectivity index (χ3v) is 2.75. The van der Waals surface area contributed by atoms with Crippen LogP contribution in [0.3, 0.4) is 0 Å². The van der Waals surface area contributed by atoms with Gasteiger partial charge in [0.1, 0.15) is 0 Å². The van der Waals surface area contributed by atoms with Crippen molar-refractivity contribution in [3.8, 4) is 0 Å². The van der Waals surface area contributed by atoms with E-state index in [9.17, 15) is 9.59 Å². The number of carbonyl (C=O) groups excluding carboxylic acids is 2. The molecule has 0 saturated heterocycles. The van der Waals surface area contributed by atoms with E-state index in [1.54, 1.807) is 21.0 Å². The van der Waals surface area contributed by atoms with Crippen LogP contribution in [0, 0.1) is 5.92 Å². The molecular weight excluding hydrogens is 248 g/mol. The van der Waals surface area contributed by atoms with Crippen molar-refractivity contribution in [2.45, 2.75) is 20.3 Å². The average Bonchev–Trinajstić information content (AvgIpc) is 2.39. The molecule has 0 fully saturated rings. The van der Waals surface area contributed by atoms with Crippen LogP contribution in [0.15, 0.2) is 23.3 Å². The topological polar surface area (TPSA) is 61.8 Å². The van der Waals surface area contributed by atoms with Crippen LogP contribution < -0.4 is 0 Å². The van der Waals surface area contributed by atoms with Crippen molar-refractivity contribution in [2.75, 3.05) is 26.9 Å². The lowest BCUT2D eigenvalue weighted by atomic mass is 9.88. The zero-order valence-corrected chi connectivity index (χ0v) is 11.6. The van der Waals surface area contributed by atoms with Crippen LogP contribution in [0.25, 0.3) is 0 Å². The van der Waals surface area contributed by atoms with E-state index in [0.29, 0.717) is 24.2 Å². The van der Waals surface area contributed by atoms with E-state index in [1.165, 1.54) is 0 Å². The van der Waals surface area contributed by atoms with Gasteiger partial charge in [-0.25, -0.2) is 9.59 Å². The van der Waals surface area contributed by atoms with Crippen LogP contribution in [0.5, 0.6) is 0 Å². The summed E-state index contributed by atoms with van der Waals surface area (Å²) >= 11 is 0. The normalized spacial score (nSPS) is 18.4. The van der Waals surface area contributed by atoms with E-state index in [0.717, 1.165) is 0 Å². The fourth-order valence-electron chi connectivity index (χ4n) is 1.99. The highest BCUT2D eigenvalue weighted by Crippen LogP contribution is 2.27. The molecule has 0 radical (unpaired) electrons. The maximum absolute atomic E-state index is 12.0. The Morgan fingerprint density at radius 2 is 1.84 bits per heavy atom. The second-order valence-electron chi connectivity index (χ2n) is 4.03. The average molecular weight is 268 g/mol. The minimum absolute atomic E-state index is 0.266. The Hall–Kier alpha value is -1.62. The molecule has 1 atom stereocenters. The lowest BCUT2D eigenvalue weighted by molar-refractivity contribution is -0.142. The predicted octanol–water partition coefficient (Wildman–Crippen LogP) is 1.63. The van der Waals surface area contributed by atoms with Crippen molar-refractivity contribution >= 4 is 11.9 Å². The van der Waals surface area contributed by atoms with Gasteiger partial charge in [-0.2, -0.15) is 0 Å². The van der Waals surface area contributed by atoms with E-state index >= 15 is 0 Å². The minimum Gasteiger partial charge on any atom is -0.463 e. The maximum atomic E-state index is 12.0. The number of carbonyl (C=O) groups is 2. The fourth-order valence-corrected chi connectivity index (χ4v) is 1.99. The van der Waals surface area contributed by atoms with Gasteiger partial charge >= 0.3 is 11.9 Å². The van der Waals surface area contributed by atoms with Gasteiger partial charge in [0.25, 0.3) is 0 Å². The molecule has 0 aromatic rings. The first-order chi connectivity index (χ1) is 9.15. The van der Waals surface area contributed by atoms with Crippen LogP contribution >= 0.6 is 0 Å². The van der Waals surface area contributed by atoms with Crippen LogP contribution in [0.4, 0.5) is 0 Å². The van der Waals surface area contributed by atoms with Crippen molar-refractivity contribution in [2.24, 2.45) is 5.92 Å². The molecule has 106 valence electrons. The van der Waals surface area contributed by atoms with E-state index in [2.05, 4.69) is 0 Å². The molecule has 19 heavy (non-hydrogen) atoms. The molecule has 0 bridgehead atoms. The number of esters is 2. The summed E-state index contributed by atoms with van der Waals surface area (Å²) in [7, 11) is 1.55. The summed E-state index contributed by atoms with van der Waals surface area (Å²) < 4.78 is 15.1. The number of rotatable bonds is 6. The third-order valence-electron chi connectivity index (χ3n) is 2.75. The predicted molar refractivity (Wildman–Crippen MR) is 69.4 cm³/mol. The second-order valence-corrected chi connectivity index (χ2v) is 4.03. The van der Waals surface area contributed by atoms with Gasteiger partial charge in [-0.3, -0.25) is 0 Å². The van der Waals surface area contributed by atoms with E-state index in [-0.39, 0.29) is 19.1 Å². The number of ether oxygens (including phenoxy) is 3. The Balaban J connectivity index is 3.08. The van der Waals surface area contributed by atoms with Crippen molar-refractivity contribution in [1.29, 1.82) is 0 Å². The van der Waals surface area contributed by atoms with Crippen LogP contribution in [-0.4, -0.2) is 38.9 Å². The highest BCUT2D eigenvalue weighted by Gasteiger charge is 2.30. The molecule has 0 aromatic heterocycles. The quantitative estimate of drug-likeness (QED) is 0.541. The van der Waals surface area contributed by atoms with Gasteiger partial charge in [-0.15, -0.1) is 0 Å². The van der Waals surface area contributed by atoms with Gasteiger partial charge in [0, 0.05) is 13.0 Å². The zero-order valence-electron chi connectivity index (χ0n) is 11.6. The van der Waals surface area contributed by atoms with Gasteiger partial charge in [-0.1, -0.05) is 12.2 Å². The first-order valence-electron chi connectivity index (χ1n) is 6.38. The Labute approximate surface area is 113 Å². The lowest BCUT2D eigenvalue weighted by Gasteiger charge is -2.22. The van der Waals surface area contributed by atoms with E-state index in [1.807, 2.05) is 12.2 Å². The first kappa shape index (κ1) is 15.4. The summed E-state index contributed by atoms with van der Waals surface area (Å²) in [5.74, 6) is -1.20. The fraction of sp³-hybridized carbons (Fsp3) is 0.571. The van der Waals surface area contributed by atoms with Gasteiger partial charge in [0.2, 0.25) is 0 Å². The lowest BCUT2D eigenvalue weighted by Crippen LogP contribution is -2.25. The SMILES string of the molecule is CCOC(=O)C1=C(C(=O)OCC)C(COC)C=CC1. The van der Waals surface area contributed by atoms with Crippen LogP contribution in [0.1, 0.15) is 20.3 Å². The molecule has 0 N–H and O–H groups in total. The minimum atomic E-state index is -0.475. The number of hydrogen-bond acceptors (Lipinski definition) is 5. The molecule has 1 rings (SSSR count). The number of methoxy groups -OCH3 is 1. The molecular formula is C14H20O5. The molecule has 5 heteroatoms. The first-order valence-corrected chi connectivity index (χ1v) is 6.38. The summed E-state index contributed by atoms with van der Waals surface area (Å²) in [5.41, 5.74) is 0.717. The zero-order chi connectivity index (χ0) is 14.3. The Kier molecular flexibility index (Phi) is 6.29. The monoisotopic (exact) mass is 268 g/mol. The second kappa shape index (κ2) is 7.74. The van der Waals surface area contributed by atoms with Crippen LogP contribution in [0.2, 0.25) is 0 Å². The largest absolute Gasteiger partial charge is 0.463 e. The highest BCUT2D eigenvalue weighted by molar-refractivity contribution is 6.01. The van der Waals surface area contributed by atoms with Crippen molar-refractivity contribution < 1.29 is 23.8 Å². The van der Waals surface area contributed by atoms with Crippen LogP contribution in [-0.2, 0) is 23.8 Å². The van der Waals surface area contributed by atoms with E-state index < -0.39 is 11.9 Å². The summed E-state index contributed by atoms with van der Waals surface area (Å²) in [5, 5.41) is 0. The molecule has 0 heterocycles. The maximum Gasteiger partial charge on any atom is 0.335 e. The summed E-state index contributed by atoms with van der Waals surface area (Å²) in [6.07, 6.45) is 4.09. The third kappa shape index (κ3) is 3.92. The smallest absolute Gasteiger partial charge is 0.335 e. The molecule has 1 aliphatic carbocycles. The molecule has 5 nitrogen and oxygen atoms in total. The Bertz CT molecular complexity index is 395. The van der Waals surface area contributed by atoms with Gasteiger partial charge in [-0.05, 0) is 20.3 Å². The summed E-state index contributed by atoms with van der Waals surface area (Å²) in [4.78, 5) is 23.9. The summed E-state index contributed by atoms with van der Waals surface area (Å²) in [6, 6.07) is 0. The molecule has 1 unspecified atom stereocenters. The summed E-state index contributed by atoms with van der Waals surface area (Å²) in [6.45, 7) is 4.33. The molecule has 0 aromatic carbocycles. The molecule has 0 spiro atoms. The highest BCUT2D eigenvalue weighted by atomic mass is 16.5. The molecule has 1 aliphatic rings. The van der Waals surface area contributed by atoms with Crippen molar-refractivity contribution in [1.82, 2.24) is 0 Å². The number of hydrogen-bond donors (Lipinski definition) is 0. The van der Waals surface area contributed by atoms with Crippen molar-refractivity contribution in [3.63, 3.8) is 0 Å².